The highest BCUT2D eigenvalue weighted by Gasteiger charge is 2.33. The van der Waals surface area contributed by atoms with Crippen LogP contribution in [0.3, 0.4) is 0 Å². The molecule has 6 nitrogen and oxygen atoms in total. The zero-order valence-corrected chi connectivity index (χ0v) is 13.9. The van der Waals surface area contributed by atoms with E-state index in [9.17, 15) is 9.18 Å². The fourth-order valence-electron chi connectivity index (χ4n) is 2.99. The molecule has 2 N–H and O–H groups in total. The number of hydrogen-bond donors (Lipinski definition) is 1. The summed E-state index contributed by atoms with van der Waals surface area (Å²) in [4.78, 5) is 14.4. The van der Waals surface area contributed by atoms with E-state index < -0.39 is 6.04 Å². The van der Waals surface area contributed by atoms with E-state index in [-0.39, 0.29) is 17.8 Å². The number of aryl methyl sites for hydroxylation is 1. The maximum atomic E-state index is 14.2. The highest BCUT2D eigenvalue weighted by atomic mass is 19.1. The Balaban J connectivity index is 1.87. The largest absolute Gasteiger partial charge is 0.323 e. The number of amides is 1. The van der Waals surface area contributed by atoms with Gasteiger partial charge in [0.05, 0.1) is 23.6 Å². The molecule has 24 heavy (non-hydrogen) atoms. The quantitative estimate of drug-likeness (QED) is 0.934. The van der Waals surface area contributed by atoms with Crippen LogP contribution in [-0.2, 0) is 4.79 Å². The van der Waals surface area contributed by atoms with Crippen LogP contribution in [0.5, 0.6) is 0 Å². The second kappa shape index (κ2) is 6.68. The molecule has 7 heteroatoms. The number of aromatic nitrogens is 3. The van der Waals surface area contributed by atoms with Gasteiger partial charge in [-0.15, -0.1) is 5.10 Å². The third-order valence-electron chi connectivity index (χ3n) is 4.47. The SMILES string of the molecule is CCC(N)c1cn(C2CCCN(c3cc(C)ccc3F)C2=O)nn1. The lowest BCUT2D eigenvalue weighted by atomic mass is 10.0. The molecule has 2 aromatic rings. The van der Waals surface area contributed by atoms with Crippen LogP contribution in [0.1, 0.15) is 49.5 Å². The number of nitrogens with two attached hydrogens (primary N) is 1. The summed E-state index contributed by atoms with van der Waals surface area (Å²) in [5, 5.41) is 8.14. The zero-order valence-electron chi connectivity index (χ0n) is 13.9. The molecule has 2 atom stereocenters. The predicted octanol–water partition coefficient (Wildman–Crippen LogP) is 2.50. The van der Waals surface area contributed by atoms with Crippen LogP contribution in [0.4, 0.5) is 10.1 Å². The van der Waals surface area contributed by atoms with Crippen molar-refractivity contribution in [3.8, 4) is 0 Å². The van der Waals surface area contributed by atoms with Crippen molar-refractivity contribution in [3.05, 3.63) is 41.5 Å². The Labute approximate surface area is 140 Å². The molecule has 1 aliphatic heterocycles. The maximum absolute atomic E-state index is 14.2. The standard InChI is InChI=1S/C17H22FN5O/c1-3-13(19)14-10-23(21-20-14)15-5-4-8-22(17(15)24)16-9-11(2)6-7-12(16)18/h6-7,9-10,13,15H,3-5,8,19H2,1-2H3. The number of piperidine rings is 1. The van der Waals surface area contributed by atoms with E-state index in [1.54, 1.807) is 23.0 Å². The van der Waals surface area contributed by atoms with E-state index in [0.717, 1.165) is 18.4 Å². The normalized spacial score (nSPS) is 19.6. The van der Waals surface area contributed by atoms with Crippen LogP contribution in [0.2, 0.25) is 0 Å². The fraction of sp³-hybridized carbons (Fsp3) is 0.471. The molecule has 0 radical (unpaired) electrons. The van der Waals surface area contributed by atoms with Crippen LogP contribution in [0.15, 0.2) is 24.4 Å². The van der Waals surface area contributed by atoms with Gasteiger partial charge < -0.3 is 10.6 Å². The molecule has 1 aromatic carbocycles. The monoisotopic (exact) mass is 331 g/mol. The highest BCUT2D eigenvalue weighted by molar-refractivity contribution is 5.97. The zero-order chi connectivity index (χ0) is 17.3. The van der Waals surface area contributed by atoms with Gasteiger partial charge in [0, 0.05) is 6.54 Å². The Hall–Kier alpha value is -2.28. The molecule has 128 valence electrons. The van der Waals surface area contributed by atoms with Gasteiger partial charge >= 0.3 is 0 Å². The lowest BCUT2D eigenvalue weighted by Gasteiger charge is -2.32. The van der Waals surface area contributed by atoms with E-state index >= 15 is 0 Å². The number of hydrogen-bond acceptors (Lipinski definition) is 4. The molecule has 1 amide bonds. The van der Waals surface area contributed by atoms with Gasteiger partial charge in [-0.3, -0.25) is 4.79 Å². The smallest absolute Gasteiger partial charge is 0.251 e. The second-order valence-electron chi connectivity index (χ2n) is 6.24. The topological polar surface area (TPSA) is 77.0 Å². The first-order chi connectivity index (χ1) is 11.5. The summed E-state index contributed by atoms with van der Waals surface area (Å²) in [6, 6.07) is 4.14. The van der Waals surface area contributed by atoms with Crippen molar-refractivity contribution in [2.24, 2.45) is 5.73 Å². The van der Waals surface area contributed by atoms with Crippen molar-refractivity contribution < 1.29 is 9.18 Å². The number of benzene rings is 1. The molecule has 0 spiro atoms. The fourth-order valence-corrected chi connectivity index (χ4v) is 2.99. The van der Waals surface area contributed by atoms with E-state index in [1.165, 1.54) is 11.0 Å². The molecule has 2 heterocycles. The van der Waals surface area contributed by atoms with Gasteiger partial charge in [0.2, 0.25) is 0 Å². The van der Waals surface area contributed by atoms with Crippen LogP contribution in [-0.4, -0.2) is 27.4 Å². The third-order valence-corrected chi connectivity index (χ3v) is 4.47. The van der Waals surface area contributed by atoms with Gasteiger partial charge in [0.25, 0.3) is 5.91 Å². The van der Waals surface area contributed by atoms with E-state index in [0.29, 0.717) is 24.3 Å². The molecule has 1 aliphatic rings. The number of carbonyl (C=O) groups excluding carboxylic acids is 1. The molecule has 1 fully saturated rings. The summed E-state index contributed by atoms with van der Waals surface area (Å²) in [6.07, 6.45) is 3.91. The molecule has 2 unspecified atom stereocenters. The number of nitrogens with zero attached hydrogens (tertiary/aromatic N) is 4. The summed E-state index contributed by atoms with van der Waals surface area (Å²) in [6.45, 7) is 4.36. The minimum absolute atomic E-state index is 0.160. The Morgan fingerprint density at radius 3 is 3.00 bits per heavy atom. The van der Waals surface area contributed by atoms with Crippen LogP contribution >= 0.6 is 0 Å². The average molecular weight is 331 g/mol. The molecular weight excluding hydrogens is 309 g/mol. The molecule has 1 aromatic heterocycles. The molecule has 1 saturated heterocycles. The maximum Gasteiger partial charge on any atom is 0.251 e. The summed E-state index contributed by atoms with van der Waals surface area (Å²) >= 11 is 0. The summed E-state index contributed by atoms with van der Waals surface area (Å²) in [7, 11) is 0. The van der Waals surface area contributed by atoms with Crippen molar-refractivity contribution in [2.75, 3.05) is 11.4 Å². The van der Waals surface area contributed by atoms with Gasteiger partial charge in [-0.2, -0.15) is 0 Å². The van der Waals surface area contributed by atoms with E-state index in [2.05, 4.69) is 10.3 Å². The number of carbonyl (C=O) groups is 1. The van der Waals surface area contributed by atoms with Gasteiger partial charge in [0.15, 0.2) is 0 Å². The van der Waals surface area contributed by atoms with E-state index in [1.807, 2.05) is 13.8 Å². The Morgan fingerprint density at radius 1 is 1.46 bits per heavy atom. The van der Waals surface area contributed by atoms with Gasteiger partial charge in [0.1, 0.15) is 11.9 Å². The van der Waals surface area contributed by atoms with Crippen molar-refractivity contribution in [1.29, 1.82) is 0 Å². The average Bonchev–Trinajstić information content (AvgIpc) is 3.06. The molecule has 0 bridgehead atoms. The van der Waals surface area contributed by atoms with E-state index in [4.69, 9.17) is 5.73 Å². The minimum Gasteiger partial charge on any atom is -0.323 e. The van der Waals surface area contributed by atoms with Crippen LogP contribution in [0, 0.1) is 12.7 Å². The van der Waals surface area contributed by atoms with Crippen LogP contribution in [0.25, 0.3) is 0 Å². The number of rotatable bonds is 4. The van der Waals surface area contributed by atoms with Crippen molar-refractivity contribution in [1.82, 2.24) is 15.0 Å². The van der Waals surface area contributed by atoms with Crippen molar-refractivity contribution >= 4 is 11.6 Å². The summed E-state index contributed by atoms with van der Waals surface area (Å²) < 4.78 is 15.7. The number of anilines is 1. The molecular formula is C17H22FN5O. The molecule has 0 aliphatic carbocycles. The number of halogens is 1. The van der Waals surface area contributed by atoms with Gasteiger partial charge in [-0.1, -0.05) is 18.2 Å². The predicted molar refractivity (Wildman–Crippen MR) is 89.0 cm³/mol. The first kappa shape index (κ1) is 16.6. The lowest BCUT2D eigenvalue weighted by molar-refractivity contribution is -0.123. The first-order valence-corrected chi connectivity index (χ1v) is 8.26. The van der Waals surface area contributed by atoms with Crippen LogP contribution < -0.4 is 10.6 Å². The third kappa shape index (κ3) is 3.03. The van der Waals surface area contributed by atoms with Gasteiger partial charge in [-0.25, -0.2) is 9.07 Å². The Bertz CT molecular complexity index is 744. The lowest BCUT2D eigenvalue weighted by Crippen LogP contribution is -2.43. The Morgan fingerprint density at radius 2 is 2.25 bits per heavy atom. The highest BCUT2D eigenvalue weighted by Crippen LogP contribution is 2.30. The minimum atomic E-state index is -0.469. The summed E-state index contributed by atoms with van der Waals surface area (Å²) in [5.41, 5.74) is 7.88. The molecule has 3 rings (SSSR count). The Kier molecular flexibility index (Phi) is 4.62. The summed E-state index contributed by atoms with van der Waals surface area (Å²) in [5.74, 6) is -0.547. The van der Waals surface area contributed by atoms with Crippen molar-refractivity contribution in [3.63, 3.8) is 0 Å². The second-order valence-corrected chi connectivity index (χ2v) is 6.24. The molecule has 0 saturated carbocycles. The van der Waals surface area contributed by atoms with Crippen molar-refractivity contribution in [2.45, 2.75) is 45.2 Å². The first-order valence-electron chi connectivity index (χ1n) is 8.26. The van der Waals surface area contributed by atoms with Gasteiger partial charge in [-0.05, 0) is 43.9 Å².